The molecule has 0 spiro atoms. The third kappa shape index (κ3) is 2.48. The van der Waals surface area contributed by atoms with Gasteiger partial charge in [-0.25, -0.2) is 4.39 Å². The Morgan fingerprint density at radius 2 is 2.00 bits per heavy atom. The molecule has 1 rings (SSSR count). The van der Waals surface area contributed by atoms with E-state index in [9.17, 15) is 9.18 Å². The zero-order valence-corrected chi connectivity index (χ0v) is 10.0. The quantitative estimate of drug-likeness (QED) is 0.753. The molecule has 0 aromatic rings. The monoisotopic (exact) mass is 216 g/mol. The second-order valence-electron chi connectivity index (χ2n) is 5.64. The number of nitrogens with two attached hydrogens (primary N) is 1. The molecular formula is C11H21FN2O. The number of likely N-dealkylation sites (tertiary alicyclic amines) is 1. The van der Waals surface area contributed by atoms with Gasteiger partial charge in [0.05, 0.1) is 13.1 Å². The van der Waals surface area contributed by atoms with Crippen molar-refractivity contribution in [2.75, 3.05) is 19.6 Å². The minimum Gasteiger partial charge on any atom is -0.336 e. The second kappa shape index (κ2) is 3.74. The SMILES string of the molecule is CC(C(=O)N1CC(F)(CN)C1)C(C)(C)C. The van der Waals surface area contributed by atoms with Crippen LogP contribution < -0.4 is 5.73 Å². The average molecular weight is 216 g/mol. The molecule has 1 fully saturated rings. The van der Waals surface area contributed by atoms with Gasteiger partial charge in [0.1, 0.15) is 0 Å². The van der Waals surface area contributed by atoms with E-state index in [0.29, 0.717) is 0 Å². The van der Waals surface area contributed by atoms with Crippen LogP contribution in [0.2, 0.25) is 0 Å². The maximum absolute atomic E-state index is 13.5. The first kappa shape index (κ1) is 12.4. The maximum atomic E-state index is 13.5. The van der Waals surface area contributed by atoms with Gasteiger partial charge in [-0.3, -0.25) is 4.79 Å². The van der Waals surface area contributed by atoms with Crippen LogP contribution in [0.1, 0.15) is 27.7 Å². The summed E-state index contributed by atoms with van der Waals surface area (Å²) in [4.78, 5) is 13.5. The van der Waals surface area contributed by atoms with Crippen molar-refractivity contribution in [3.05, 3.63) is 0 Å². The molecule has 0 saturated carbocycles. The summed E-state index contributed by atoms with van der Waals surface area (Å²) >= 11 is 0. The molecule has 0 bridgehead atoms. The Bertz CT molecular complexity index is 254. The normalized spacial score (nSPS) is 22.1. The fourth-order valence-corrected chi connectivity index (χ4v) is 1.57. The highest BCUT2D eigenvalue weighted by Crippen LogP contribution is 2.31. The van der Waals surface area contributed by atoms with Crippen molar-refractivity contribution in [2.45, 2.75) is 33.4 Å². The predicted molar refractivity (Wildman–Crippen MR) is 58.1 cm³/mol. The van der Waals surface area contributed by atoms with E-state index in [4.69, 9.17) is 5.73 Å². The molecule has 1 aliphatic rings. The first-order valence-electron chi connectivity index (χ1n) is 5.37. The standard InChI is InChI=1S/C11H21FN2O/c1-8(10(2,3)4)9(15)14-6-11(12,5-13)7-14/h8H,5-7,13H2,1-4H3. The van der Waals surface area contributed by atoms with Crippen molar-refractivity contribution >= 4 is 5.91 Å². The summed E-state index contributed by atoms with van der Waals surface area (Å²) in [5, 5.41) is 0. The number of carbonyl (C=O) groups is 1. The van der Waals surface area contributed by atoms with E-state index in [0.717, 1.165) is 0 Å². The van der Waals surface area contributed by atoms with Crippen molar-refractivity contribution < 1.29 is 9.18 Å². The van der Waals surface area contributed by atoms with Gasteiger partial charge in [-0.15, -0.1) is 0 Å². The zero-order valence-electron chi connectivity index (χ0n) is 10.0. The number of nitrogens with zero attached hydrogens (tertiary/aromatic N) is 1. The van der Waals surface area contributed by atoms with Crippen LogP contribution in [0.5, 0.6) is 0 Å². The van der Waals surface area contributed by atoms with Gasteiger partial charge >= 0.3 is 0 Å². The highest BCUT2D eigenvalue weighted by Gasteiger charge is 2.46. The van der Waals surface area contributed by atoms with Gasteiger partial charge in [0.2, 0.25) is 5.91 Å². The smallest absolute Gasteiger partial charge is 0.226 e. The molecule has 0 aromatic carbocycles. The average Bonchev–Trinajstić information content (AvgIpc) is 2.09. The number of hydrogen-bond acceptors (Lipinski definition) is 2. The van der Waals surface area contributed by atoms with Crippen molar-refractivity contribution in [1.29, 1.82) is 0 Å². The third-order valence-corrected chi connectivity index (χ3v) is 3.30. The summed E-state index contributed by atoms with van der Waals surface area (Å²) in [6, 6.07) is 0. The zero-order chi connectivity index (χ0) is 11.9. The topological polar surface area (TPSA) is 46.3 Å². The second-order valence-corrected chi connectivity index (χ2v) is 5.64. The van der Waals surface area contributed by atoms with Gasteiger partial charge in [-0.1, -0.05) is 27.7 Å². The highest BCUT2D eigenvalue weighted by atomic mass is 19.1. The van der Waals surface area contributed by atoms with E-state index in [1.165, 1.54) is 0 Å². The Kier molecular flexibility index (Phi) is 3.10. The molecule has 0 aromatic heterocycles. The Labute approximate surface area is 90.8 Å². The van der Waals surface area contributed by atoms with Crippen molar-refractivity contribution in [1.82, 2.24) is 4.90 Å². The number of amides is 1. The van der Waals surface area contributed by atoms with Gasteiger partial charge in [0.25, 0.3) is 0 Å². The Hall–Kier alpha value is -0.640. The highest BCUT2D eigenvalue weighted by molar-refractivity contribution is 5.80. The third-order valence-electron chi connectivity index (χ3n) is 3.30. The van der Waals surface area contributed by atoms with E-state index >= 15 is 0 Å². The molecule has 1 atom stereocenters. The summed E-state index contributed by atoms with van der Waals surface area (Å²) in [5.74, 6) is -0.0518. The Morgan fingerprint density at radius 1 is 1.53 bits per heavy atom. The van der Waals surface area contributed by atoms with Gasteiger partial charge in [-0.05, 0) is 5.41 Å². The lowest BCUT2D eigenvalue weighted by molar-refractivity contribution is -0.151. The minimum atomic E-state index is -1.34. The van der Waals surface area contributed by atoms with Crippen LogP contribution in [-0.2, 0) is 4.79 Å². The van der Waals surface area contributed by atoms with Crippen molar-refractivity contribution in [3.8, 4) is 0 Å². The van der Waals surface area contributed by atoms with Gasteiger partial charge in [0, 0.05) is 12.5 Å². The number of alkyl halides is 1. The predicted octanol–water partition coefficient (Wildman–Crippen LogP) is 1.18. The van der Waals surface area contributed by atoms with E-state index in [-0.39, 0.29) is 36.9 Å². The molecule has 1 saturated heterocycles. The summed E-state index contributed by atoms with van der Waals surface area (Å²) in [6.45, 7) is 8.25. The van der Waals surface area contributed by atoms with Crippen LogP contribution in [0, 0.1) is 11.3 Å². The minimum absolute atomic E-state index is 0.000673. The van der Waals surface area contributed by atoms with Crippen LogP contribution >= 0.6 is 0 Å². The summed E-state index contributed by atoms with van der Waals surface area (Å²) in [7, 11) is 0. The van der Waals surface area contributed by atoms with Crippen LogP contribution in [0.15, 0.2) is 0 Å². The van der Waals surface area contributed by atoms with E-state index < -0.39 is 5.67 Å². The van der Waals surface area contributed by atoms with E-state index in [1.807, 2.05) is 27.7 Å². The molecule has 15 heavy (non-hydrogen) atoms. The van der Waals surface area contributed by atoms with Crippen LogP contribution in [-0.4, -0.2) is 36.1 Å². The van der Waals surface area contributed by atoms with Crippen molar-refractivity contribution in [2.24, 2.45) is 17.1 Å². The lowest BCUT2D eigenvalue weighted by Crippen LogP contribution is -2.65. The van der Waals surface area contributed by atoms with Crippen molar-refractivity contribution in [3.63, 3.8) is 0 Å². The Balaban J connectivity index is 2.52. The first-order chi connectivity index (χ1) is 6.69. The largest absolute Gasteiger partial charge is 0.336 e. The first-order valence-corrected chi connectivity index (χ1v) is 5.37. The van der Waals surface area contributed by atoms with Crippen LogP contribution in [0.25, 0.3) is 0 Å². The fourth-order valence-electron chi connectivity index (χ4n) is 1.57. The van der Waals surface area contributed by atoms with E-state index in [2.05, 4.69) is 0 Å². The lowest BCUT2D eigenvalue weighted by Gasteiger charge is -2.46. The van der Waals surface area contributed by atoms with Gasteiger partial charge in [-0.2, -0.15) is 0 Å². The number of carbonyl (C=O) groups excluding carboxylic acids is 1. The number of hydrogen-bond donors (Lipinski definition) is 1. The number of halogens is 1. The molecule has 1 amide bonds. The number of rotatable bonds is 2. The maximum Gasteiger partial charge on any atom is 0.226 e. The molecule has 3 nitrogen and oxygen atoms in total. The Morgan fingerprint density at radius 3 is 2.33 bits per heavy atom. The lowest BCUT2D eigenvalue weighted by atomic mass is 9.80. The van der Waals surface area contributed by atoms with Gasteiger partial charge < -0.3 is 10.6 Å². The van der Waals surface area contributed by atoms with Crippen LogP contribution in [0.4, 0.5) is 4.39 Å². The molecule has 1 aliphatic heterocycles. The summed E-state index contributed by atoms with van der Waals surface area (Å²) in [5.41, 5.74) is 3.86. The van der Waals surface area contributed by atoms with E-state index in [1.54, 1.807) is 4.90 Å². The fraction of sp³-hybridized carbons (Fsp3) is 0.909. The van der Waals surface area contributed by atoms with Gasteiger partial charge in [0.15, 0.2) is 5.67 Å². The molecule has 0 aliphatic carbocycles. The molecule has 4 heteroatoms. The molecule has 1 unspecified atom stereocenters. The molecule has 1 heterocycles. The molecular weight excluding hydrogens is 195 g/mol. The molecule has 0 radical (unpaired) electrons. The summed E-state index contributed by atoms with van der Waals surface area (Å²) < 4.78 is 13.5. The molecule has 88 valence electrons. The van der Waals surface area contributed by atoms with Crippen LogP contribution in [0.3, 0.4) is 0 Å². The molecule has 2 N–H and O–H groups in total. The summed E-state index contributed by atoms with van der Waals surface area (Å²) in [6.07, 6.45) is 0.